The molecule has 0 saturated carbocycles. The van der Waals surface area contributed by atoms with Crippen molar-refractivity contribution in [3.8, 4) is 5.75 Å². The van der Waals surface area contributed by atoms with Crippen LogP contribution in [0, 0.1) is 0 Å². The monoisotopic (exact) mass is 516 g/mol. The molecule has 2 aromatic rings. The summed E-state index contributed by atoms with van der Waals surface area (Å²) in [4.78, 5) is 48.8. The van der Waals surface area contributed by atoms with Crippen molar-refractivity contribution >= 4 is 52.4 Å². The molecule has 0 radical (unpaired) electrons. The number of carbonyl (C=O) groups is 4. The Kier molecular flexibility index (Phi) is 8.35. The van der Waals surface area contributed by atoms with Crippen LogP contribution in [0.2, 0.25) is 10.0 Å². The lowest BCUT2D eigenvalue weighted by Crippen LogP contribution is -2.51. The summed E-state index contributed by atoms with van der Waals surface area (Å²) in [5.74, 6) is -1.13. The zero-order valence-electron chi connectivity index (χ0n) is 19.5. The number of amides is 3. The van der Waals surface area contributed by atoms with E-state index in [1.165, 1.54) is 12.1 Å². The van der Waals surface area contributed by atoms with E-state index in [9.17, 15) is 19.2 Å². The van der Waals surface area contributed by atoms with Crippen LogP contribution in [0.15, 0.2) is 48.6 Å². The summed E-state index contributed by atoms with van der Waals surface area (Å²) in [5.41, 5.74) is 1.16. The molecule has 1 fully saturated rings. The summed E-state index contributed by atoms with van der Waals surface area (Å²) in [7, 11) is 0. The first-order valence-corrected chi connectivity index (χ1v) is 12.0. The molecule has 0 unspecified atom stereocenters. The molecule has 1 aliphatic rings. The van der Waals surface area contributed by atoms with Gasteiger partial charge in [-0.2, -0.15) is 0 Å². The van der Waals surface area contributed by atoms with Crippen molar-refractivity contribution in [3.05, 3.63) is 69.7 Å². The summed E-state index contributed by atoms with van der Waals surface area (Å²) in [6.07, 6.45) is 1.75. The molecule has 0 aromatic heterocycles. The number of ether oxygens (including phenoxy) is 1. The van der Waals surface area contributed by atoms with Gasteiger partial charge in [0.25, 0.3) is 5.91 Å². The molecule has 184 valence electrons. The van der Waals surface area contributed by atoms with E-state index in [4.69, 9.17) is 27.9 Å². The van der Waals surface area contributed by atoms with Gasteiger partial charge in [0, 0.05) is 17.7 Å². The number of hydrogen-bond donors (Lipinski definition) is 2. The number of Topliss-reactive ketones (excluding diaryl/α,β-unsaturated/α-hetero) is 1. The largest absolute Gasteiger partial charge is 0.482 e. The predicted octanol–water partition coefficient (Wildman–Crippen LogP) is 5.24. The zero-order chi connectivity index (χ0) is 25.8. The van der Waals surface area contributed by atoms with Crippen LogP contribution in [0.5, 0.6) is 5.75 Å². The first kappa shape index (κ1) is 26.4. The number of hydrogen-bond acceptors (Lipinski definition) is 5. The van der Waals surface area contributed by atoms with Gasteiger partial charge >= 0.3 is 0 Å². The Balaban J connectivity index is 1.64. The third-order valence-corrected chi connectivity index (χ3v) is 7.05. The van der Waals surface area contributed by atoms with E-state index in [0.29, 0.717) is 30.5 Å². The minimum absolute atomic E-state index is 0.0349. The SMILES string of the molecule is C=C(CC)C(=O)c1ccc(OCC(=O)Nc2ccc([C@]3(CC)CCC(=O)NC3=O)cc2)c(Cl)c1Cl. The van der Waals surface area contributed by atoms with Gasteiger partial charge < -0.3 is 10.1 Å². The molecule has 1 saturated heterocycles. The highest BCUT2D eigenvalue weighted by atomic mass is 35.5. The number of nitrogens with one attached hydrogen (secondary N) is 2. The van der Waals surface area contributed by atoms with Gasteiger partial charge in [-0.1, -0.05) is 55.8 Å². The number of rotatable bonds is 9. The van der Waals surface area contributed by atoms with Crippen molar-refractivity contribution in [2.24, 2.45) is 0 Å². The molecular weight excluding hydrogens is 491 g/mol. The molecule has 1 heterocycles. The van der Waals surface area contributed by atoms with Gasteiger partial charge in [0.05, 0.1) is 10.4 Å². The Bertz CT molecular complexity index is 1190. The van der Waals surface area contributed by atoms with Crippen LogP contribution in [-0.4, -0.2) is 30.1 Å². The topological polar surface area (TPSA) is 102 Å². The van der Waals surface area contributed by atoms with Gasteiger partial charge in [-0.05, 0) is 54.7 Å². The number of allylic oxidation sites excluding steroid dienone is 1. The van der Waals surface area contributed by atoms with Crippen molar-refractivity contribution in [2.45, 2.75) is 44.9 Å². The standard InChI is InChI=1S/C26H26Cl2N2O5/c1-4-15(3)24(33)18-10-11-19(23(28)22(18)27)35-14-21(32)29-17-8-6-16(7-9-17)26(5-2)13-12-20(31)30-25(26)34/h6-11H,3-5,12-14H2,1-2H3,(H,29,32)(H,30,31,34)/t26-/m0/s1. The fraction of sp³-hybridized carbons (Fsp3) is 0.308. The van der Waals surface area contributed by atoms with Crippen LogP contribution in [0.25, 0.3) is 0 Å². The molecule has 0 spiro atoms. The van der Waals surface area contributed by atoms with E-state index in [-0.39, 0.29) is 52.0 Å². The Labute approximate surface area is 213 Å². The molecule has 2 aromatic carbocycles. The second-order valence-corrected chi connectivity index (χ2v) is 9.01. The predicted molar refractivity (Wildman–Crippen MR) is 135 cm³/mol. The third-order valence-electron chi connectivity index (χ3n) is 6.19. The number of ketones is 1. The van der Waals surface area contributed by atoms with E-state index in [0.717, 1.165) is 5.56 Å². The summed E-state index contributed by atoms with van der Waals surface area (Å²) in [5, 5.41) is 5.21. The van der Waals surface area contributed by atoms with Crippen molar-refractivity contribution in [3.63, 3.8) is 0 Å². The smallest absolute Gasteiger partial charge is 0.262 e. The van der Waals surface area contributed by atoms with Gasteiger partial charge in [0.1, 0.15) is 10.8 Å². The maximum Gasteiger partial charge on any atom is 0.262 e. The van der Waals surface area contributed by atoms with Crippen molar-refractivity contribution in [2.75, 3.05) is 11.9 Å². The average Bonchev–Trinajstić information content (AvgIpc) is 2.85. The molecule has 35 heavy (non-hydrogen) atoms. The number of halogens is 2. The lowest BCUT2D eigenvalue weighted by atomic mass is 9.72. The van der Waals surface area contributed by atoms with Crippen LogP contribution in [-0.2, 0) is 19.8 Å². The van der Waals surface area contributed by atoms with Crippen LogP contribution < -0.4 is 15.4 Å². The van der Waals surface area contributed by atoms with Crippen LogP contribution >= 0.6 is 23.2 Å². The second-order valence-electron chi connectivity index (χ2n) is 8.25. The van der Waals surface area contributed by atoms with Crippen molar-refractivity contribution in [1.82, 2.24) is 5.32 Å². The molecule has 7 nitrogen and oxygen atoms in total. The van der Waals surface area contributed by atoms with Gasteiger partial charge in [0.2, 0.25) is 11.8 Å². The number of carbonyl (C=O) groups excluding carboxylic acids is 4. The number of imide groups is 1. The fourth-order valence-corrected chi connectivity index (χ4v) is 4.41. The Morgan fingerprint density at radius 1 is 1.09 bits per heavy atom. The molecule has 2 N–H and O–H groups in total. The molecule has 3 rings (SSSR count). The average molecular weight is 517 g/mol. The Morgan fingerprint density at radius 2 is 1.77 bits per heavy atom. The van der Waals surface area contributed by atoms with Crippen LogP contribution in [0.4, 0.5) is 5.69 Å². The van der Waals surface area contributed by atoms with E-state index >= 15 is 0 Å². The molecule has 1 atom stereocenters. The number of piperidine rings is 1. The van der Waals surface area contributed by atoms with Crippen molar-refractivity contribution < 1.29 is 23.9 Å². The normalized spacial score (nSPS) is 17.5. The van der Waals surface area contributed by atoms with Gasteiger partial charge in [-0.25, -0.2) is 0 Å². The summed E-state index contributed by atoms with van der Waals surface area (Å²) in [6.45, 7) is 7.10. The fourth-order valence-electron chi connectivity index (χ4n) is 3.95. The Morgan fingerprint density at radius 3 is 2.37 bits per heavy atom. The van der Waals surface area contributed by atoms with E-state index in [1.807, 2.05) is 13.8 Å². The zero-order valence-corrected chi connectivity index (χ0v) is 21.0. The van der Waals surface area contributed by atoms with Crippen LogP contribution in [0.3, 0.4) is 0 Å². The van der Waals surface area contributed by atoms with Crippen LogP contribution in [0.1, 0.15) is 55.5 Å². The summed E-state index contributed by atoms with van der Waals surface area (Å²) < 4.78 is 5.50. The summed E-state index contributed by atoms with van der Waals surface area (Å²) in [6, 6.07) is 9.90. The second kappa shape index (κ2) is 11.1. The molecular formula is C26H26Cl2N2O5. The quantitative estimate of drug-likeness (QED) is 0.269. The van der Waals surface area contributed by atoms with E-state index in [2.05, 4.69) is 17.2 Å². The molecule has 1 aliphatic heterocycles. The minimum Gasteiger partial charge on any atom is -0.482 e. The number of anilines is 1. The van der Waals surface area contributed by atoms with Crippen molar-refractivity contribution in [1.29, 1.82) is 0 Å². The molecule has 0 bridgehead atoms. The van der Waals surface area contributed by atoms with Gasteiger partial charge in [-0.15, -0.1) is 0 Å². The minimum atomic E-state index is -0.771. The van der Waals surface area contributed by atoms with Gasteiger partial charge in [-0.3, -0.25) is 24.5 Å². The highest BCUT2D eigenvalue weighted by Gasteiger charge is 2.42. The Hall–Kier alpha value is -3.16. The molecule has 9 heteroatoms. The molecule has 0 aliphatic carbocycles. The third kappa shape index (κ3) is 5.57. The lowest BCUT2D eigenvalue weighted by molar-refractivity contribution is -0.138. The summed E-state index contributed by atoms with van der Waals surface area (Å²) >= 11 is 12.5. The molecule has 3 amide bonds. The van der Waals surface area contributed by atoms with Gasteiger partial charge in [0.15, 0.2) is 12.4 Å². The number of benzene rings is 2. The maximum absolute atomic E-state index is 12.5. The first-order chi connectivity index (χ1) is 16.6. The maximum atomic E-state index is 12.5. The lowest BCUT2D eigenvalue weighted by Gasteiger charge is -2.35. The highest BCUT2D eigenvalue weighted by Crippen LogP contribution is 2.37. The highest BCUT2D eigenvalue weighted by molar-refractivity contribution is 6.45. The van der Waals surface area contributed by atoms with E-state index < -0.39 is 11.3 Å². The first-order valence-electron chi connectivity index (χ1n) is 11.2. The van der Waals surface area contributed by atoms with E-state index in [1.54, 1.807) is 24.3 Å².